The molecule has 116 valence electrons. The highest BCUT2D eigenvalue weighted by Crippen LogP contribution is 2.32. The fraction of sp³-hybridized carbons (Fsp3) is 0.588. The molecular formula is C17H26N2O2. The smallest absolute Gasteiger partial charge is 0.412 e. The predicted octanol–water partition coefficient (Wildman–Crippen LogP) is 3.94. The van der Waals surface area contributed by atoms with Crippen LogP contribution in [0, 0.1) is 6.92 Å². The first kappa shape index (κ1) is 15.8. The minimum absolute atomic E-state index is 0.00192. The van der Waals surface area contributed by atoms with Gasteiger partial charge in [-0.1, -0.05) is 12.1 Å². The topological polar surface area (TPSA) is 50.4 Å². The van der Waals surface area contributed by atoms with Gasteiger partial charge in [-0.25, -0.2) is 4.79 Å². The van der Waals surface area contributed by atoms with Crippen LogP contribution in [0.25, 0.3) is 0 Å². The average Bonchev–Trinajstić information content (AvgIpc) is 2.77. The van der Waals surface area contributed by atoms with Crippen molar-refractivity contribution in [1.29, 1.82) is 0 Å². The zero-order chi connectivity index (χ0) is 15.7. The molecule has 1 aliphatic rings. The van der Waals surface area contributed by atoms with Crippen molar-refractivity contribution in [3.63, 3.8) is 0 Å². The van der Waals surface area contributed by atoms with Crippen LogP contribution >= 0.6 is 0 Å². The lowest BCUT2D eigenvalue weighted by Gasteiger charge is -2.26. The van der Waals surface area contributed by atoms with E-state index in [0.717, 1.165) is 24.2 Å². The van der Waals surface area contributed by atoms with E-state index in [1.54, 1.807) is 0 Å². The van der Waals surface area contributed by atoms with Crippen LogP contribution in [0.4, 0.5) is 10.5 Å². The molecule has 1 fully saturated rings. The van der Waals surface area contributed by atoms with Gasteiger partial charge in [-0.3, -0.25) is 5.32 Å². The quantitative estimate of drug-likeness (QED) is 0.867. The minimum Gasteiger partial charge on any atom is -0.444 e. The van der Waals surface area contributed by atoms with Crippen molar-refractivity contribution in [1.82, 2.24) is 5.32 Å². The van der Waals surface area contributed by atoms with E-state index >= 15 is 0 Å². The van der Waals surface area contributed by atoms with Crippen molar-refractivity contribution in [2.75, 3.05) is 11.9 Å². The van der Waals surface area contributed by atoms with Crippen molar-refractivity contribution < 1.29 is 9.53 Å². The highest BCUT2D eigenvalue weighted by molar-refractivity contribution is 5.86. The molecule has 0 radical (unpaired) electrons. The lowest BCUT2D eigenvalue weighted by atomic mass is 9.89. The molecular weight excluding hydrogens is 264 g/mol. The maximum Gasteiger partial charge on any atom is 0.412 e. The van der Waals surface area contributed by atoms with Gasteiger partial charge in [-0.2, -0.15) is 0 Å². The van der Waals surface area contributed by atoms with Gasteiger partial charge in [0.2, 0.25) is 0 Å². The van der Waals surface area contributed by atoms with Crippen LogP contribution in [0.2, 0.25) is 0 Å². The molecule has 1 saturated heterocycles. The van der Waals surface area contributed by atoms with Gasteiger partial charge < -0.3 is 10.1 Å². The van der Waals surface area contributed by atoms with E-state index in [9.17, 15) is 4.79 Å². The van der Waals surface area contributed by atoms with Gasteiger partial charge in [0.1, 0.15) is 5.60 Å². The van der Waals surface area contributed by atoms with Crippen LogP contribution in [0.3, 0.4) is 0 Å². The monoisotopic (exact) mass is 290 g/mol. The Morgan fingerprint density at radius 2 is 2.10 bits per heavy atom. The Bertz CT molecular complexity index is 526. The molecule has 0 bridgehead atoms. The normalized spacial score (nSPS) is 22.1. The van der Waals surface area contributed by atoms with Crippen molar-refractivity contribution in [2.24, 2.45) is 0 Å². The van der Waals surface area contributed by atoms with E-state index in [2.05, 4.69) is 29.7 Å². The number of carbonyl (C=O) groups excluding carboxylic acids is 1. The number of nitrogens with one attached hydrogen (secondary N) is 2. The first-order chi connectivity index (χ1) is 9.70. The molecule has 2 rings (SSSR count). The summed E-state index contributed by atoms with van der Waals surface area (Å²) in [5, 5.41) is 6.40. The van der Waals surface area contributed by atoms with Crippen molar-refractivity contribution >= 4 is 11.8 Å². The van der Waals surface area contributed by atoms with E-state index in [-0.39, 0.29) is 5.54 Å². The molecule has 1 unspecified atom stereocenters. The summed E-state index contributed by atoms with van der Waals surface area (Å²) in [6, 6.07) is 6.23. The van der Waals surface area contributed by atoms with Crippen molar-refractivity contribution in [3.8, 4) is 0 Å². The maximum absolute atomic E-state index is 11.9. The number of ether oxygens (including phenoxy) is 1. The Morgan fingerprint density at radius 3 is 2.67 bits per heavy atom. The molecule has 0 saturated carbocycles. The second-order valence-corrected chi connectivity index (χ2v) is 7.02. The number of hydrogen-bond donors (Lipinski definition) is 2. The third kappa shape index (κ3) is 3.97. The molecule has 1 amide bonds. The summed E-state index contributed by atoms with van der Waals surface area (Å²) in [4.78, 5) is 11.9. The van der Waals surface area contributed by atoms with Gasteiger partial charge in [0.15, 0.2) is 0 Å². The number of rotatable bonds is 2. The molecule has 4 nitrogen and oxygen atoms in total. The Kier molecular flexibility index (Phi) is 4.28. The Balaban J connectivity index is 2.18. The molecule has 0 aliphatic carbocycles. The van der Waals surface area contributed by atoms with E-state index in [1.807, 2.05) is 33.8 Å². The molecule has 0 aromatic heterocycles. The Hall–Kier alpha value is -1.55. The van der Waals surface area contributed by atoms with Gasteiger partial charge >= 0.3 is 6.09 Å². The zero-order valence-corrected chi connectivity index (χ0v) is 13.7. The first-order valence-electron chi connectivity index (χ1n) is 7.56. The van der Waals surface area contributed by atoms with Crippen LogP contribution in [0.5, 0.6) is 0 Å². The SMILES string of the molecule is Cc1ccc(C2(C)CCCN2)cc1NC(=O)OC(C)(C)C. The van der Waals surface area contributed by atoms with Gasteiger partial charge in [0.05, 0.1) is 0 Å². The largest absolute Gasteiger partial charge is 0.444 e. The maximum atomic E-state index is 11.9. The lowest BCUT2D eigenvalue weighted by molar-refractivity contribution is 0.0636. The van der Waals surface area contributed by atoms with Crippen molar-refractivity contribution in [2.45, 2.75) is 58.6 Å². The summed E-state index contributed by atoms with van der Waals surface area (Å²) >= 11 is 0. The van der Waals surface area contributed by atoms with E-state index in [1.165, 1.54) is 12.0 Å². The molecule has 1 aromatic carbocycles. The predicted molar refractivity (Wildman–Crippen MR) is 85.6 cm³/mol. The molecule has 1 atom stereocenters. The highest BCUT2D eigenvalue weighted by Gasteiger charge is 2.30. The van der Waals surface area contributed by atoms with Crippen LogP contribution < -0.4 is 10.6 Å². The number of hydrogen-bond acceptors (Lipinski definition) is 3. The summed E-state index contributed by atoms with van der Waals surface area (Å²) in [6.45, 7) is 10.8. The number of benzene rings is 1. The minimum atomic E-state index is -0.491. The fourth-order valence-corrected chi connectivity index (χ4v) is 2.65. The lowest BCUT2D eigenvalue weighted by Crippen LogP contribution is -2.33. The van der Waals surface area contributed by atoms with Gasteiger partial charge in [0.25, 0.3) is 0 Å². The number of aryl methyl sites for hydroxylation is 1. The molecule has 1 aromatic rings. The number of anilines is 1. The second kappa shape index (κ2) is 5.68. The Morgan fingerprint density at radius 1 is 1.38 bits per heavy atom. The van der Waals surface area contributed by atoms with Gasteiger partial charge in [-0.05, 0) is 71.2 Å². The Labute approximate surface area is 127 Å². The fourth-order valence-electron chi connectivity index (χ4n) is 2.65. The van der Waals surface area contributed by atoms with E-state index < -0.39 is 11.7 Å². The summed E-state index contributed by atoms with van der Waals surface area (Å²) in [5.74, 6) is 0. The molecule has 0 spiro atoms. The number of carbonyl (C=O) groups is 1. The third-order valence-corrected chi connectivity index (χ3v) is 3.88. The summed E-state index contributed by atoms with van der Waals surface area (Å²) in [5.41, 5.74) is 2.56. The van der Waals surface area contributed by atoms with Crippen LogP contribution in [-0.2, 0) is 10.3 Å². The van der Waals surface area contributed by atoms with Crippen LogP contribution in [0.15, 0.2) is 18.2 Å². The summed E-state index contributed by atoms with van der Waals surface area (Å²) < 4.78 is 5.32. The van der Waals surface area contributed by atoms with Crippen LogP contribution in [-0.4, -0.2) is 18.2 Å². The summed E-state index contributed by atoms with van der Waals surface area (Å²) in [7, 11) is 0. The summed E-state index contributed by atoms with van der Waals surface area (Å²) in [6.07, 6.45) is 1.88. The van der Waals surface area contributed by atoms with Gasteiger partial charge in [-0.15, -0.1) is 0 Å². The van der Waals surface area contributed by atoms with Crippen molar-refractivity contribution in [3.05, 3.63) is 29.3 Å². The molecule has 2 N–H and O–H groups in total. The third-order valence-electron chi connectivity index (χ3n) is 3.88. The standard InChI is InChI=1S/C17H26N2O2/c1-12-7-8-13(17(5)9-6-10-18-17)11-14(12)19-15(20)21-16(2,3)4/h7-8,11,18H,6,9-10H2,1-5H3,(H,19,20). The van der Waals surface area contributed by atoms with Crippen LogP contribution in [0.1, 0.15) is 51.7 Å². The molecule has 21 heavy (non-hydrogen) atoms. The average molecular weight is 290 g/mol. The second-order valence-electron chi connectivity index (χ2n) is 7.02. The number of amides is 1. The highest BCUT2D eigenvalue weighted by atomic mass is 16.6. The van der Waals surface area contributed by atoms with Gasteiger partial charge in [0, 0.05) is 11.2 Å². The molecule has 1 aliphatic heterocycles. The first-order valence-corrected chi connectivity index (χ1v) is 7.56. The van der Waals surface area contributed by atoms with E-state index in [4.69, 9.17) is 4.74 Å². The zero-order valence-electron chi connectivity index (χ0n) is 13.7. The van der Waals surface area contributed by atoms with E-state index in [0.29, 0.717) is 0 Å². The molecule has 4 heteroatoms. The molecule has 1 heterocycles.